The van der Waals surface area contributed by atoms with Gasteiger partial charge < -0.3 is 31.9 Å². The maximum atomic E-state index is 14.8. The number of rotatable bonds is 1. The van der Waals surface area contributed by atoms with E-state index in [1.807, 2.05) is 0 Å². The second kappa shape index (κ2) is 6.25. The van der Waals surface area contributed by atoms with E-state index in [0.29, 0.717) is 0 Å². The highest BCUT2D eigenvalue weighted by atomic mass is 19.1. The van der Waals surface area contributed by atoms with Crippen LogP contribution in [0.4, 0.5) is 4.39 Å². The minimum absolute atomic E-state index is 0.100. The average Bonchev–Trinajstić information content (AvgIpc) is 2.68. The molecule has 162 valence electrons. The molecule has 10 heteroatoms. The molecule has 8 N–H and O–H groups in total. The summed E-state index contributed by atoms with van der Waals surface area (Å²) in [6.07, 6.45) is -0.302. The van der Waals surface area contributed by atoms with Crippen LogP contribution in [0.1, 0.15) is 27.0 Å². The summed E-state index contributed by atoms with van der Waals surface area (Å²) in [6, 6.07) is -0.504. The van der Waals surface area contributed by atoms with Crippen molar-refractivity contribution in [3.63, 3.8) is 0 Å². The van der Waals surface area contributed by atoms with Gasteiger partial charge in [0.25, 0.3) is 5.91 Å². The van der Waals surface area contributed by atoms with Gasteiger partial charge >= 0.3 is 0 Å². The van der Waals surface area contributed by atoms with Crippen LogP contribution >= 0.6 is 0 Å². The number of benzene rings is 2. The predicted octanol–water partition coefficient (Wildman–Crippen LogP) is 0.300. The largest absolute Gasteiger partial charge is 0.508 e. The van der Waals surface area contributed by atoms with E-state index in [0.717, 1.165) is 6.07 Å². The van der Waals surface area contributed by atoms with E-state index in [2.05, 4.69) is 0 Å². The summed E-state index contributed by atoms with van der Waals surface area (Å²) in [5, 5.41) is 42.6. The Morgan fingerprint density at radius 2 is 1.77 bits per heavy atom. The number of nitrogens with two attached hydrogens (primary N) is 2. The quantitative estimate of drug-likeness (QED) is 0.349. The van der Waals surface area contributed by atoms with Crippen molar-refractivity contribution < 1.29 is 39.2 Å². The molecule has 0 unspecified atom stereocenters. The third-order valence-corrected chi connectivity index (χ3v) is 6.41. The third kappa shape index (κ3) is 2.34. The van der Waals surface area contributed by atoms with Crippen molar-refractivity contribution in [2.24, 2.45) is 17.4 Å². The highest BCUT2D eigenvalue weighted by Crippen LogP contribution is 2.50. The number of ketones is 2. The van der Waals surface area contributed by atoms with Gasteiger partial charge in [0.2, 0.25) is 5.78 Å². The number of hydrogen-bond acceptors (Lipinski definition) is 8. The number of carbonyl (C=O) groups is 3. The number of halogens is 1. The average molecular weight is 430 g/mol. The van der Waals surface area contributed by atoms with Crippen molar-refractivity contribution in [3.05, 3.63) is 45.5 Å². The Bertz CT molecular complexity index is 1280. The first-order chi connectivity index (χ1) is 14.3. The summed E-state index contributed by atoms with van der Waals surface area (Å²) in [7, 11) is 0. The van der Waals surface area contributed by atoms with E-state index in [1.165, 1.54) is 13.8 Å². The maximum absolute atomic E-state index is 14.8. The zero-order valence-corrected chi connectivity index (χ0v) is 16.5. The molecule has 3 atom stereocenters. The molecule has 0 spiro atoms. The van der Waals surface area contributed by atoms with Gasteiger partial charge in [-0.15, -0.1) is 0 Å². The molecule has 0 fully saturated rings. The van der Waals surface area contributed by atoms with Crippen LogP contribution < -0.4 is 11.5 Å². The number of phenols is 2. The van der Waals surface area contributed by atoms with Gasteiger partial charge in [-0.25, -0.2) is 4.39 Å². The van der Waals surface area contributed by atoms with E-state index in [-0.39, 0.29) is 33.9 Å². The first kappa shape index (κ1) is 20.8. The van der Waals surface area contributed by atoms with Gasteiger partial charge in [0.1, 0.15) is 28.6 Å². The summed E-state index contributed by atoms with van der Waals surface area (Å²) >= 11 is 0. The molecule has 31 heavy (non-hydrogen) atoms. The molecule has 2 aliphatic carbocycles. The molecule has 0 saturated heterocycles. The SMILES string of the molecule is Cc1cc(F)c2c(C)c3c(c(O)c2c1O)C(=O)[C@]1(O)C(O)=C(C(N)=O)C(=O)[C@H](N)[C@@H]1C3. The van der Waals surface area contributed by atoms with Gasteiger partial charge in [0.15, 0.2) is 11.4 Å². The Balaban J connectivity index is 2.14. The van der Waals surface area contributed by atoms with Gasteiger partial charge in [-0.1, -0.05) is 0 Å². The number of carbonyl (C=O) groups excluding carboxylic acids is 3. The predicted molar refractivity (Wildman–Crippen MR) is 105 cm³/mol. The monoisotopic (exact) mass is 430 g/mol. The highest BCUT2D eigenvalue weighted by Gasteiger charge is 2.61. The van der Waals surface area contributed by atoms with E-state index in [9.17, 15) is 39.2 Å². The zero-order chi connectivity index (χ0) is 23.2. The van der Waals surface area contributed by atoms with Crippen molar-refractivity contribution in [2.45, 2.75) is 31.9 Å². The highest BCUT2D eigenvalue weighted by molar-refractivity contribution is 6.25. The number of hydrogen-bond donors (Lipinski definition) is 6. The van der Waals surface area contributed by atoms with E-state index < -0.39 is 69.2 Å². The smallest absolute Gasteiger partial charge is 0.255 e. The van der Waals surface area contributed by atoms with E-state index in [4.69, 9.17) is 11.5 Å². The fourth-order valence-electron chi connectivity index (χ4n) is 4.76. The molecular formula is C21H19FN2O7. The number of aliphatic hydroxyl groups is 2. The lowest BCUT2D eigenvalue weighted by atomic mass is 9.61. The fourth-order valence-corrected chi connectivity index (χ4v) is 4.76. The van der Waals surface area contributed by atoms with Crippen molar-refractivity contribution in [2.75, 3.05) is 0 Å². The standard InChI is InChI=1S/C21H19FN2O7/c1-5-3-9(22)10-6(2)7-4-8-14(23)17(27)13(20(24)30)19(29)21(8,31)18(28)11(7)16(26)12(10)15(5)25/h3,8,14,25-26,29,31H,4,23H2,1-2H3,(H2,24,30)/t8-,14+,21-/m0/s1. The van der Waals surface area contributed by atoms with Crippen LogP contribution in [0.3, 0.4) is 0 Å². The number of aromatic hydroxyl groups is 2. The molecular weight excluding hydrogens is 411 g/mol. The topological polar surface area (TPSA) is 184 Å². The van der Waals surface area contributed by atoms with Gasteiger partial charge in [-0.05, 0) is 43.0 Å². The Hall–Kier alpha value is -3.50. The van der Waals surface area contributed by atoms with Crippen LogP contribution in [0, 0.1) is 25.6 Å². The molecule has 0 radical (unpaired) electrons. The number of aryl methyl sites for hydroxylation is 2. The van der Waals surface area contributed by atoms with Crippen LogP contribution in [0.2, 0.25) is 0 Å². The summed E-state index contributed by atoms with van der Waals surface area (Å²) < 4.78 is 14.8. The van der Waals surface area contributed by atoms with Gasteiger partial charge in [-0.2, -0.15) is 0 Å². The normalized spacial score (nSPS) is 25.6. The molecule has 9 nitrogen and oxygen atoms in total. The van der Waals surface area contributed by atoms with Crippen LogP contribution in [-0.2, 0) is 16.0 Å². The van der Waals surface area contributed by atoms with E-state index in [1.54, 1.807) is 0 Å². The minimum Gasteiger partial charge on any atom is -0.508 e. The second-order valence-corrected chi connectivity index (χ2v) is 7.99. The molecule has 0 saturated carbocycles. The van der Waals surface area contributed by atoms with Crippen LogP contribution in [-0.4, -0.2) is 49.5 Å². The van der Waals surface area contributed by atoms with Crippen molar-refractivity contribution >= 4 is 28.2 Å². The first-order valence-electron chi connectivity index (χ1n) is 9.32. The Morgan fingerprint density at radius 1 is 1.16 bits per heavy atom. The Kier molecular flexibility index (Phi) is 4.19. The minimum atomic E-state index is -2.82. The van der Waals surface area contributed by atoms with Crippen LogP contribution in [0.15, 0.2) is 17.4 Å². The molecule has 2 aromatic carbocycles. The van der Waals surface area contributed by atoms with Crippen LogP contribution in [0.5, 0.6) is 11.5 Å². The van der Waals surface area contributed by atoms with Crippen LogP contribution in [0.25, 0.3) is 10.8 Å². The molecule has 4 rings (SSSR count). The fraction of sp³-hybridized carbons (Fsp3) is 0.286. The van der Waals surface area contributed by atoms with Gasteiger partial charge in [0, 0.05) is 11.3 Å². The number of phenolic OH excluding ortho intramolecular Hbond substituents is 2. The summed E-state index contributed by atoms with van der Waals surface area (Å²) in [6.45, 7) is 2.85. The molecule has 0 heterocycles. The Labute approximate surface area is 174 Å². The lowest BCUT2D eigenvalue weighted by Gasteiger charge is -2.44. The summed E-state index contributed by atoms with van der Waals surface area (Å²) in [5.41, 5.74) is 7.15. The summed E-state index contributed by atoms with van der Waals surface area (Å²) in [4.78, 5) is 37.6. The molecule has 0 aliphatic heterocycles. The second-order valence-electron chi connectivity index (χ2n) is 7.99. The van der Waals surface area contributed by atoms with Crippen molar-refractivity contribution in [1.29, 1.82) is 0 Å². The third-order valence-electron chi connectivity index (χ3n) is 6.41. The number of primary amides is 1. The molecule has 1 amide bonds. The lowest BCUT2D eigenvalue weighted by Crippen LogP contribution is -2.64. The van der Waals surface area contributed by atoms with E-state index >= 15 is 0 Å². The van der Waals surface area contributed by atoms with Gasteiger partial charge in [0.05, 0.1) is 17.0 Å². The molecule has 0 aromatic heterocycles. The first-order valence-corrected chi connectivity index (χ1v) is 9.32. The lowest BCUT2D eigenvalue weighted by molar-refractivity contribution is -0.127. The van der Waals surface area contributed by atoms with Crippen molar-refractivity contribution in [3.8, 4) is 11.5 Å². The number of aliphatic hydroxyl groups excluding tert-OH is 1. The summed E-state index contributed by atoms with van der Waals surface area (Å²) in [5.74, 6) is -8.33. The van der Waals surface area contributed by atoms with Gasteiger partial charge in [-0.3, -0.25) is 14.4 Å². The number of Topliss-reactive ketones (excluding diaryl/α,β-unsaturated/α-hetero) is 2. The molecule has 0 bridgehead atoms. The Morgan fingerprint density at radius 3 is 2.35 bits per heavy atom. The molecule has 2 aromatic rings. The molecule has 2 aliphatic rings. The maximum Gasteiger partial charge on any atom is 0.255 e. The number of amides is 1. The van der Waals surface area contributed by atoms with Crippen molar-refractivity contribution in [1.82, 2.24) is 0 Å². The number of fused-ring (bicyclic) bond motifs is 3. The zero-order valence-electron chi connectivity index (χ0n) is 16.5.